The van der Waals surface area contributed by atoms with Gasteiger partial charge in [-0.1, -0.05) is 11.6 Å². The number of nitrogens with two attached hydrogens (primary N) is 1. The van der Waals surface area contributed by atoms with Crippen molar-refractivity contribution < 1.29 is 4.79 Å². The van der Waals surface area contributed by atoms with E-state index in [1.54, 1.807) is 36.5 Å². The molecule has 0 radical (unpaired) electrons. The van der Waals surface area contributed by atoms with Gasteiger partial charge in [-0.2, -0.15) is 0 Å². The molecular formula is C15H11ClN4O. The van der Waals surface area contributed by atoms with Crippen molar-refractivity contribution in [2.75, 3.05) is 11.1 Å². The minimum Gasteiger partial charge on any atom is -0.397 e. The third kappa shape index (κ3) is 2.51. The number of aromatic nitrogens is 2. The molecule has 3 N–H and O–H groups in total. The smallest absolute Gasteiger partial charge is 0.276 e. The van der Waals surface area contributed by atoms with E-state index < -0.39 is 0 Å². The number of carbonyl (C=O) groups excluding carboxylic acids is 1. The molecular weight excluding hydrogens is 288 g/mol. The van der Waals surface area contributed by atoms with Crippen molar-refractivity contribution in [3.8, 4) is 0 Å². The molecule has 0 saturated carbocycles. The largest absolute Gasteiger partial charge is 0.397 e. The van der Waals surface area contributed by atoms with Crippen LogP contribution in [0.4, 0.5) is 11.4 Å². The van der Waals surface area contributed by atoms with Gasteiger partial charge in [-0.05, 0) is 36.4 Å². The molecule has 2 aromatic heterocycles. The highest BCUT2D eigenvalue weighted by molar-refractivity contribution is 6.35. The number of nitrogen functional groups attached to an aromatic ring is 1. The fraction of sp³-hybridized carbons (Fsp3) is 0. The molecule has 0 bridgehead atoms. The Bertz CT molecular complexity index is 835. The number of amides is 1. The molecule has 1 aromatic carbocycles. The van der Waals surface area contributed by atoms with Crippen LogP contribution in [0.1, 0.15) is 10.5 Å². The second-order valence-corrected chi connectivity index (χ2v) is 4.80. The number of hydrogen-bond acceptors (Lipinski definition) is 4. The molecule has 0 aliphatic rings. The van der Waals surface area contributed by atoms with Gasteiger partial charge in [0, 0.05) is 17.8 Å². The molecule has 2 heterocycles. The quantitative estimate of drug-likeness (QED) is 0.761. The molecule has 0 atom stereocenters. The van der Waals surface area contributed by atoms with Crippen LogP contribution >= 0.6 is 11.6 Å². The summed E-state index contributed by atoms with van der Waals surface area (Å²) in [5.74, 6) is -0.374. The molecule has 0 fully saturated rings. The van der Waals surface area contributed by atoms with Crippen LogP contribution < -0.4 is 11.1 Å². The van der Waals surface area contributed by atoms with Gasteiger partial charge in [-0.15, -0.1) is 0 Å². The first-order valence-corrected chi connectivity index (χ1v) is 6.59. The topological polar surface area (TPSA) is 80.9 Å². The molecule has 3 rings (SSSR count). The normalized spacial score (nSPS) is 10.5. The summed E-state index contributed by atoms with van der Waals surface area (Å²) in [6.07, 6.45) is 3.17. The van der Waals surface area contributed by atoms with Crippen LogP contribution in [-0.2, 0) is 0 Å². The zero-order valence-electron chi connectivity index (χ0n) is 10.9. The number of nitrogens with zero attached hydrogens (tertiary/aromatic N) is 2. The molecule has 0 aliphatic heterocycles. The van der Waals surface area contributed by atoms with Crippen molar-refractivity contribution in [1.82, 2.24) is 9.97 Å². The molecule has 0 aliphatic carbocycles. The SMILES string of the molecule is Nc1cccnc1C(=O)Nc1ccc(Cl)c2ncccc12. The Balaban J connectivity index is 2.01. The summed E-state index contributed by atoms with van der Waals surface area (Å²) in [6, 6.07) is 10.3. The summed E-state index contributed by atoms with van der Waals surface area (Å²) < 4.78 is 0. The average Bonchev–Trinajstić information content (AvgIpc) is 2.51. The van der Waals surface area contributed by atoms with Crippen LogP contribution in [-0.4, -0.2) is 15.9 Å². The van der Waals surface area contributed by atoms with Gasteiger partial charge in [0.05, 0.1) is 21.9 Å². The first kappa shape index (κ1) is 13.3. The van der Waals surface area contributed by atoms with E-state index >= 15 is 0 Å². The Morgan fingerprint density at radius 3 is 2.67 bits per heavy atom. The highest BCUT2D eigenvalue weighted by Crippen LogP contribution is 2.28. The van der Waals surface area contributed by atoms with Gasteiger partial charge in [0.2, 0.25) is 0 Å². The van der Waals surface area contributed by atoms with Crippen molar-refractivity contribution in [1.29, 1.82) is 0 Å². The van der Waals surface area contributed by atoms with Gasteiger partial charge in [0.25, 0.3) is 5.91 Å². The van der Waals surface area contributed by atoms with Crippen molar-refractivity contribution in [2.24, 2.45) is 0 Å². The van der Waals surface area contributed by atoms with Crippen molar-refractivity contribution in [3.63, 3.8) is 0 Å². The van der Waals surface area contributed by atoms with Gasteiger partial charge >= 0.3 is 0 Å². The third-order valence-electron chi connectivity index (χ3n) is 3.02. The Hall–Kier alpha value is -2.66. The predicted molar refractivity (Wildman–Crippen MR) is 83.4 cm³/mol. The standard InChI is InChI=1S/C15H11ClN4O/c16-10-5-6-12(9-3-1-7-18-13(9)10)20-15(21)14-11(17)4-2-8-19-14/h1-8H,17H2,(H,20,21). The van der Waals surface area contributed by atoms with Crippen molar-refractivity contribution in [3.05, 3.63) is 59.5 Å². The van der Waals surface area contributed by atoms with E-state index in [2.05, 4.69) is 15.3 Å². The lowest BCUT2D eigenvalue weighted by molar-refractivity contribution is 0.102. The molecule has 0 unspecified atom stereocenters. The van der Waals surface area contributed by atoms with Crippen LogP contribution in [0.5, 0.6) is 0 Å². The second-order valence-electron chi connectivity index (χ2n) is 4.39. The lowest BCUT2D eigenvalue weighted by Crippen LogP contribution is -2.16. The molecule has 104 valence electrons. The summed E-state index contributed by atoms with van der Waals surface area (Å²) >= 11 is 6.10. The van der Waals surface area contributed by atoms with Crippen LogP contribution in [0, 0.1) is 0 Å². The Morgan fingerprint density at radius 1 is 1.10 bits per heavy atom. The number of pyridine rings is 2. The average molecular weight is 299 g/mol. The fourth-order valence-electron chi connectivity index (χ4n) is 2.04. The zero-order chi connectivity index (χ0) is 14.8. The van der Waals surface area contributed by atoms with E-state index in [0.717, 1.165) is 5.39 Å². The van der Waals surface area contributed by atoms with Crippen molar-refractivity contribution in [2.45, 2.75) is 0 Å². The highest BCUT2D eigenvalue weighted by Gasteiger charge is 2.13. The predicted octanol–water partition coefficient (Wildman–Crippen LogP) is 3.12. The van der Waals surface area contributed by atoms with Crippen LogP contribution in [0.15, 0.2) is 48.8 Å². The number of nitrogens with one attached hydrogen (secondary N) is 1. The van der Waals surface area contributed by atoms with Crippen LogP contribution in [0.3, 0.4) is 0 Å². The second kappa shape index (κ2) is 5.38. The number of hydrogen-bond donors (Lipinski definition) is 2. The van der Waals surface area contributed by atoms with Crippen LogP contribution in [0.25, 0.3) is 10.9 Å². The minimum absolute atomic E-state index is 0.185. The van der Waals surface area contributed by atoms with E-state index in [0.29, 0.717) is 21.9 Å². The maximum atomic E-state index is 12.3. The molecule has 0 spiro atoms. The van der Waals surface area contributed by atoms with E-state index in [9.17, 15) is 4.79 Å². The fourth-order valence-corrected chi connectivity index (χ4v) is 2.25. The lowest BCUT2D eigenvalue weighted by Gasteiger charge is -2.09. The number of halogens is 1. The summed E-state index contributed by atoms with van der Waals surface area (Å²) in [6.45, 7) is 0. The lowest BCUT2D eigenvalue weighted by atomic mass is 10.1. The maximum absolute atomic E-state index is 12.3. The van der Waals surface area contributed by atoms with E-state index in [1.165, 1.54) is 6.20 Å². The third-order valence-corrected chi connectivity index (χ3v) is 3.33. The summed E-state index contributed by atoms with van der Waals surface area (Å²) in [7, 11) is 0. The molecule has 6 heteroatoms. The Kier molecular flexibility index (Phi) is 3.41. The van der Waals surface area contributed by atoms with E-state index in [4.69, 9.17) is 17.3 Å². The number of fused-ring (bicyclic) bond motifs is 1. The molecule has 3 aromatic rings. The van der Waals surface area contributed by atoms with Gasteiger partial charge in [-0.3, -0.25) is 9.78 Å². The van der Waals surface area contributed by atoms with Crippen LogP contribution in [0.2, 0.25) is 5.02 Å². The molecule has 1 amide bonds. The number of rotatable bonds is 2. The van der Waals surface area contributed by atoms with Gasteiger partial charge in [0.1, 0.15) is 0 Å². The van der Waals surface area contributed by atoms with E-state index in [-0.39, 0.29) is 11.6 Å². The number of benzene rings is 1. The molecule has 5 nitrogen and oxygen atoms in total. The van der Waals surface area contributed by atoms with Crippen molar-refractivity contribution >= 4 is 39.8 Å². The molecule has 21 heavy (non-hydrogen) atoms. The Labute approximate surface area is 125 Å². The number of anilines is 2. The molecule has 0 saturated heterocycles. The summed E-state index contributed by atoms with van der Waals surface area (Å²) in [5.41, 5.74) is 7.50. The Morgan fingerprint density at radius 2 is 1.86 bits per heavy atom. The minimum atomic E-state index is -0.374. The summed E-state index contributed by atoms with van der Waals surface area (Å²) in [4.78, 5) is 20.5. The first-order valence-electron chi connectivity index (χ1n) is 6.22. The van der Waals surface area contributed by atoms with E-state index in [1.807, 2.05) is 6.07 Å². The monoisotopic (exact) mass is 298 g/mol. The maximum Gasteiger partial charge on any atom is 0.276 e. The highest BCUT2D eigenvalue weighted by atomic mass is 35.5. The van der Waals surface area contributed by atoms with Gasteiger partial charge < -0.3 is 11.1 Å². The number of carbonyl (C=O) groups is 1. The zero-order valence-corrected chi connectivity index (χ0v) is 11.6. The first-order chi connectivity index (χ1) is 10.2. The van der Waals surface area contributed by atoms with Gasteiger partial charge in [0.15, 0.2) is 5.69 Å². The summed E-state index contributed by atoms with van der Waals surface area (Å²) in [5, 5.41) is 4.08. The van der Waals surface area contributed by atoms with Gasteiger partial charge in [-0.25, -0.2) is 4.98 Å².